The Morgan fingerprint density at radius 1 is 1.17 bits per heavy atom. The number of urea groups is 1. The van der Waals surface area contributed by atoms with Crippen molar-refractivity contribution in [3.8, 4) is 17.1 Å². The van der Waals surface area contributed by atoms with Gasteiger partial charge in [-0.05, 0) is 44.5 Å². The van der Waals surface area contributed by atoms with Gasteiger partial charge in [0.1, 0.15) is 5.75 Å². The number of benzene rings is 2. The molecule has 0 spiro atoms. The van der Waals surface area contributed by atoms with Crippen LogP contribution in [0.25, 0.3) is 17.0 Å². The lowest BCUT2D eigenvalue weighted by Gasteiger charge is -2.34. The van der Waals surface area contributed by atoms with E-state index in [-0.39, 0.29) is 6.03 Å². The van der Waals surface area contributed by atoms with Gasteiger partial charge in [-0.1, -0.05) is 41.1 Å². The third kappa shape index (κ3) is 3.54. The lowest BCUT2D eigenvalue weighted by molar-refractivity contribution is 0.207. The minimum atomic E-state index is -0.429. The smallest absolute Gasteiger partial charge is 0.322 e. The number of hydrogen-bond acceptors (Lipinski definition) is 5. The Balaban J connectivity index is 1.82. The molecule has 0 fully saturated rings. The van der Waals surface area contributed by atoms with Crippen LogP contribution in [0.1, 0.15) is 36.9 Å². The number of methoxy groups -OCH3 is 1. The van der Waals surface area contributed by atoms with E-state index >= 15 is 0 Å². The van der Waals surface area contributed by atoms with Crippen LogP contribution < -0.4 is 10.1 Å². The highest BCUT2D eigenvalue weighted by Gasteiger charge is 2.35. The molecule has 7 heteroatoms. The molecule has 0 bridgehead atoms. The van der Waals surface area contributed by atoms with Crippen LogP contribution in [0.3, 0.4) is 0 Å². The summed E-state index contributed by atoms with van der Waals surface area (Å²) in [6, 6.07) is 15.0. The molecule has 0 saturated heterocycles. The van der Waals surface area contributed by atoms with Crippen molar-refractivity contribution in [2.75, 3.05) is 13.7 Å². The molecule has 7 nitrogen and oxygen atoms in total. The summed E-state index contributed by atoms with van der Waals surface area (Å²) in [5.41, 5.74) is 4.44. The Bertz CT molecular complexity index is 1120. The standard InChI is InChI=1S/C23H24N4O3/c1-5-27-15(3)19(20(24-23(27)28)16-9-7-11-18(13-16)29-4)22-25-21(26-30-22)17-10-6-8-14(2)12-17/h6-13,20H,5H2,1-4H3,(H,24,28). The number of carbonyl (C=O) groups excluding carboxylic acids is 1. The fraction of sp³-hybridized carbons (Fsp3) is 0.261. The number of nitrogens with zero attached hydrogens (tertiary/aromatic N) is 3. The minimum Gasteiger partial charge on any atom is -0.497 e. The van der Waals surface area contributed by atoms with Gasteiger partial charge in [0.2, 0.25) is 5.82 Å². The average molecular weight is 404 g/mol. The van der Waals surface area contributed by atoms with E-state index in [1.54, 1.807) is 12.0 Å². The highest BCUT2D eigenvalue weighted by atomic mass is 16.5. The molecule has 154 valence electrons. The van der Waals surface area contributed by atoms with Gasteiger partial charge < -0.3 is 14.6 Å². The monoisotopic (exact) mass is 404 g/mol. The Labute approximate surface area is 175 Å². The van der Waals surface area contributed by atoms with Crippen LogP contribution in [0.2, 0.25) is 0 Å². The maximum absolute atomic E-state index is 12.7. The van der Waals surface area contributed by atoms with E-state index in [0.717, 1.165) is 28.0 Å². The summed E-state index contributed by atoms with van der Waals surface area (Å²) >= 11 is 0. The quantitative estimate of drug-likeness (QED) is 0.674. The molecule has 1 N–H and O–H groups in total. The first-order valence-electron chi connectivity index (χ1n) is 9.85. The summed E-state index contributed by atoms with van der Waals surface area (Å²) in [7, 11) is 1.62. The highest BCUT2D eigenvalue weighted by molar-refractivity contribution is 5.86. The molecule has 2 amide bonds. The zero-order valence-electron chi connectivity index (χ0n) is 17.5. The predicted molar refractivity (Wildman–Crippen MR) is 114 cm³/mol. The third-order valence-corrected chi connectivity index (χ3v) is 5.27. The van der Waals surface area contributed by atoms with Gasteiger partial charge in [-0.3, -0.25) is 4.90 Å². The molecule has 1 atom stereocenters. The van der Waals surface area contributed by atoms with Crippen molar-refractivity contribution in [2.45, 2.75) is 26.8 Å². The van der Waals surface area contributed by atoms with Gasteiger partial charge in [-0.2, -0.15) is 4.98 Å². The van der Waals surface area contributed by atoms with Crippen LogP contribution in [0, 0.1) is 6.92 Å². The second kappa shape index (κ2) is 8.02. The van der Waals surface area contributed by atoms with Crippen molar-refractivity contribution in [1.82, 2.24) is 20.4 Å². The van der Waals surface area contributed by atoms with Crippen molar-refractivity contribution >= 4 is 11.6 Å². The molecule has 3 aromatic rings. The Morgan fingerprint density at radius 3 is 2.70 bits per heavy atom. The van der Waals surface area contributed by atoms with Gasteiger partial charge in [-0.15, -0.1) is 0 Å². The summed E-state index contributed by atoms with van der Waals surface area (Å²) < 4.78 is 11.0. The largest absolute Gasteiger partial charge is 0.497 e. The topological polar surface area (TPSA) is 80.5 Å². The molecule has 1 aliphatic heterocycles. The number of nitrogens with one attached hydrogen (secondary N) is 1. The maximum Gasteiger partial charge on any atom is 0.322 e. The molecule has 0 radical (unpaired) electrons. The van der Waals surface area contributed by atoms with Crippen LogP contribution in [0.15, 0.2) is 58.8 Å². The summed E-state index contributed by atoms with van der Waals surface area (Å²) in [5.74, 6) is 1.61. The number of rotatable bonds is 5. The fourth-order valence-electron chi connectivity index (χ4n) is 3.74. The van der Waals surface area contributed by atoms with Gasteiger partial charge in [0.15, 0.2) is 0 Å². The van der Waals surface area contributed by atoms with Crippen molar-refractivity contribution in [2.24, 2.45) is 0 Å². The molecule has 0 saturated carbocycles. The van der Waals surface area contributed by atoms with E-state index in [9.17, 15) is 4.79 Å². The molecule has 1 aromatic heterocycles. The average Bonchev–Trinajstić information content (AvgIpc) is 3.23. The summed E-state index contributed by atoms with van der Waals surface area (Å²) in [5, 5.41) is 7.26. The first kappa shape index (κ1) is 19.7. The van der Waals surface area contributed by atoms with E-state index in [0.29, 0.717) is 24.0 Å². The predicted octanol–water partition coefficient (Wildman–Crippen LogP) is 4.57. The number of carbonyl (C=O) groups is 1. The van der Waals surface area contributed by atoms with Gasteiger partial charge in [0, 0.05) is 17.8 Å². The maximum atomic E-state index is 12.7. The van der Waals surface area contributed by atoms with E-state index in [2.05, 4.69) is 15.5 Å². The molecule has 2 aromatic carbocycles. The fourth-order valence-corrected chi connectivity index (χ4v) is 3.74. The first-order chi connectivity index (χ1) is 14.5. The molecular weight excluding hydrogens is 380 g/mol. The number of aryl methyl sites for hydroxylation is 1. The number of allylic oxidation sites excluding steroid dienone is 1. The van der Waals surface area contributed by atoms with Crippen molar-refractivity contribution < 1.29 is 14.1 Å². The van der Waals surface area contributed by atoms with Gasteiger partial charge in [0.05, 0.1) is 18.7 Å². The van der Waals surface area contributed by atoms with Crippen molar-refractivity contribution in [3.63, 3.8) is 0 Å². The van der Waals surface area contributed by atoms with Crippen LogP contribution in [-0.2, 0) is 0 Å². The zero-order chi connectivity index (χ0) is 21.3. The van der Waals surface area contributed by atoms with Crippen LogP contribution >= 0.6 is 0 Å². The lowest BCUT2D eigenvalue weighted by Crippen LogP contribution is -2.45. The molecule has 2 heterocycles. The third-order valence-electron chi connectivity index (χ3n) is 5.27. The number of hydrogen-bond donors (Lipinski definition) is 1. The minimum absolute atomic E-state index is 0.162. The van der Waals surface area contributed by atoms with E-state index in [1.807, 2.05) is 69.3 Å². The molecule has 1 unspecified atom stereocenters. The highest BCUT2D eigenvalue weighted by Crippen LogP contribution is 2.38. The molecule has 4 rings (SSSR count). The summed E-state index contributed by atoms with van der Waals surface area (Å²) in [6.07, 6.45) is 0. The van der Waals surface area contributed by atoms with Gasteiger partial charge in [-0.25, -0.2) is 4.79 Å². The second-order valence-electron chi connectivity index (χ2n) is 7.20. The molecule has 1 aliphatic rings. The Hall–Kier alpha value is -3.61. The van der Waals surface area contributed by atoms with Crippen molar-refractivity contribution in [3.05, 3.63) is 71.2 Å². The lowest BCUT2D eigenvalue weighted by atomic mass is 9.94. The van der Waals surface area contributed by atoms with Gasteiger partial charge in [0.25, 0.3) is 5.89 Å². The van der Waals surface area contributed by atoms with Crippen LogP contribution in [0.4, 0.5) is 4.79 Å². The molecular formula is C23H24N4O3. The number of aromatic nitrogens is 2. The zero-order valence-corrected chi connectivity index (χ0v) is 17.5. The SMILES string of the molecule is CCN1C(=O)NC(c2cccc(OC)c2)C(c2nc(-c3cccc(C)c3)no2)=C1C. The Morgan fingerprint density at radius 2 is 1.97 bits per heavy atom. The van der Waals surface area contributed by atoms with E-state index in [4.69, 9.17) is 9.26 Å². The number of amides is 2. The van der Waals surface area contributed by atoms with Crippen LogP contribution in [0.5, 0.6) is 5.75 Å². The first-order valence-corrected chi connectivity index (χ1v) is 9.85. The molecule has 0 aliphatic carbocycles. The Kier molecular flexibility index (Phi) is 5.27. The second-order valence-corrected chi connectivity index (χ2v) is 7.20. The molecule has 30 heavy (non-hydrogen) atoms. The summed E-state index contributed by atoms with van der Waals surface area (Å²) in [4.78, 5) is 19.0. The number of ether oxygens (including phenoxy) is 1. The van der Waals surface area contributed by atoms with Crippen LogP contribution in [-0.4, -0.2) is 34.7 Å². The summed E-state index contributed by atoms with van der Waals surface area (Å²) in [6.45, 7) is 6.39. The normalized spacial score (nSPS) is 16.6. The van der Waals surface area contributed by atoms with E-state index < -0.39 is 6.04 Å². The van der Waals surface area contributed by atoms with Gasteiger partial charge >= 0.3 is 6.03 Å². The van der Waals surface area contributed by atoms with Crippen molar-refractivity contribution in [1.29, 1.82) is 0 Å². The van der Waals surface area contributed by atoms with E-state index in [1.165, 1.54) is 0 Å².